The van der Waals surface area contributed by atoms with Gasteiger partial charge >= 0.3 is 6.03 Å². The lowest BCUT2D eigenvalue weighted by molar-refractivity contribution is -0.113. The summed E-state index contributed by atoms with van der Waals surface area (Å²) >= 11 is 5.84. The second kappa shape index (κ2) is 6.94. The Morgan fingerprint density at radius 1 is 1.12 bits per heavy atom. The Morgan fingerprint density at radius 2 is 1.76 bits per heavy atom. The Hall–Kier alpha value is -2.86. The number of amides is 3. The van der Waals surface area contributed by atoms with E-state index in [1.807, 2.05) is 0 Å². The summed E-state index contributed by atoms with van der Waals surface area (Å²) in [6, 6.07) is 11.2. The van der Waals surface area contributed by atoms with E-state index in [-0.39, 0.29) is 5.91 Å². The van der Waals surface area contributed by atoms with Gasteiger partial charge in [-0.05, 0) is 48.9 Å². The molecule has 5 nitrogen and oxygen atoms in total. The number of anilines is 1. The Morgan fingerprint density at radius 3 is 2.40 bits per heavy atom. The predicted molar refractivity (Wildman–Crippen MR) is 93.6 cm³/mol. The van der Waals surface area contributed by atoms with E-state index in [9.17, 15) is 14.0 Å². The number of hydrogen-bond acceptors (Lipinski definition) is 2. The maximum atomic E-state index is 13.2. The smallest absolute Gasteiger partial charge is 0.319 e. The number of halogens is 2. The Labute approximate surface area is 148 Å². The van der Waals surface area contributed by atoms with E-state index in [0.717, 1.165) is 0 Å². The van der Waals surface area contributed by atoms with Gasteiger partial charge in [0.1, 0.15) is 5.82 Å². The molecule has 128 valence electrons. The van der Waals surface area contributed by atoms with Crippen LogP contribution in [0.25, 0.3) is 0 Å². The van der Waals surface area contributed by atoms with Gasteiger partial charge in [-0.2, -0.15) is 0 Å². The third-order valence-corrected chi connectivity index (χ3v) is 4.07. The highest BCUT2D eigenvalue weighted by Crippen LogP contribution is 2.28. The van der Waals surface area contributed by atoms with Crippen LogP contribution in [0.2, 0.25) is 5.02 Å². The van der Waals surface area contributed by atoms with Gasteiger partial charge in [-0.25, -0.2) is 9.18 Å². The average Bonchev–Trinajstić information content (AvgIpc) is 2.57. The van der Waals surface area contributed by atoms with Gasteiger partial charge < -0.3 is 16.0 Å². The van der Waals surface area contributed by atoms with Gasteiger partial charge in [0.2, 0.25) is 0 Å². The largest absolute Gasteiger partial charge is 0.327 e. The molecule has 2 aromatic rings. The molecule has 7 heteroatoms. The van der Waals surface area contributed by atoms with Crippen LogP contribution >= 0.6 is 11.6 Å². The summed E-state index contributed by atoms with van der Waals surface area (Å²) < 4.78 is 13.2. The molecule has 0 unspecified atom stereocenters. The molecule has 0 saturated heterocycles. The maximum Gasteiger partial charge on any atom is 0.319 e. The van der Waals surface area contributed by atoms with Crippen molar-refractivity contribution in [1.82, 2.24) is 10.6 Å². The van der Waals surface area contributed by atoms with Gasteiger partial charge in [0.25, 0.3) is 5.91 Å². The van der Waals surface area contributed by atoms with Crippen molar-refractivity contribution in [3.05, 3.63) is 76.2 Å². The minimum atomic E-state index is -0.679. The summed E-state index contributed by atoms with van der Waals surface area (Å²) in [4.78, 5) is 24.6. The molecule has 1 aliphatic heterocycles. The maximum absolute atomic E-state index is 13.2. The molecule has 1 heterocycles. The number of carbonyl (C=O) groups excluding carboxylic acids is 2. The fraction of sp³-hybridized carbons (Fsp3) is 0.111. The number of benzene rings is 2. The summed E-state index contributed by atoms with van der Waals surface area (Å²) in [5, 5.41) is 8.62. The first-order valence-corrected chi connectivity index (χ1v) is 7.92. The molecule has 0 aliphatic carbocycles. The fourth-order valence-corrected chi connectivity index (χ4v) is 2.76. The van der Waals surface area contributed by atoms with Crippen molar-refractivity contribution in [2.75, 3.05) is 5.32 Å². The number of urea groups is 1. The van der Waals surface area contributed by atoms with E-state index in [2.05, 4.69) is 16.0 Å². The van der Waals surface area contributed by atoms with E-state index in [4.69, 9.17) is 11.6 Å². The molecule has 3 rings (SSSR count). The SMILES string of the molecule is CC1=C(C(=O)Nc2ccc(Cl)cc2)[C@@H](c2ccc(F)cc2)NC(=O)N1. The van der Waals surface area contributed by atoms with E-state index in [1.165, 1.54) is 24.3 Å². The molecule has 0 bridgehead atoms. The fourth-order valence-electron chi connectivity index (χ4n) is 2.63. The van der Waals surface area contributed by atoms with Crippen LogP contribution in [0.3, 0.4) is 0 Å². The van der Waals surface area contributed by atoms with E-state index in [1.54, 1.807) is 31.2 Å². The van der Waals surface area contributed by atoms with Crippen LogP contribution < -0.4 is 16.0 Å². The first-order valence-electron chi connectivity index (χ1n) is 7.54. The van der Waals surface area contributed by atoms with Crippen LogP contribution in [0.4, 0.5) is 14.9 Å². The van der Waals surface area contributed by atoms with Crippen LogP contribution in [0.1, 0.15) is 18.5 Å². The van der Waals surface area contributed by atoms with E-state index in [0.29, 0.717) is 27.5 Å². The molecule has 1 aliphatic rings. The van der Waals surface area contributed by atoms with Crippen molar-refractivity contribution in [3.63, 3.8) is 0 Å². The number of rotatable bonds is 3. The average molecular weight is 360 g/mol. The Kier molecular flexibility index (Phi) is 4.72. The molecular weight excluding hydrogens is 345 g/mol. The summed E-state index contributed by atoms with van der Waals surface area (Å²) in [5.74, 6) is -0.765. The van der Waals surface area contributed by atoms with Crippen molar-refractivity contribution in [2.45, 2.75) is 13.0 Å². The molecule has 0 aromatic heterocycles. The second-order valence-corrected chi connectivity index (χ2v) is 6.02. The highest BCUT2D eigenvalue weighted by Gasteiger charge is 2.31. The number of nitrogens with one attached hydrogen (secondary N) is 3. The molecule has 0 fully saturated rings. The number of hydrogen-bond donors (Lipinski definition) is 3. The Balaban J connectivity index is 1.92. The van der Waals surface area contributed by atoms with Crippen molar-refractivity contribution in [2.24, 2.45) is 0 Å². The third kappa shape index (κ3) is 3.80. The topological polar surface area (TPSA) is 70.2 Å². The molecule has 2 aromatic carbocycles. The normalized spacial score (nSPS) is 16.9. The predicted octanol–water partition coefficient (Wildman–Crippen LogP) is 3.75. The monoisotopic (exact) mass is 359 g/mol. The van der Waals surface area contributed by atoms with Gasteiger partial charge in [-0.1, -0.05) is 23.7 Å². The van der Waals surface area contributed by atoms with Gasteiger partial charge in [0, 0.05) is 16.4 Å². The van der Waals surface area contributed by atoms with Gasteiger partial charge in [0.05, 0.1) is 11.6 Å². The van der Waals surface area contributed by atoms with Gasteiger partial charge in [0.15, 0.2) is 0 Å². The molecule has 0 radical (unpaired) electrons. The highest BCUT2D eigenvalue weighted by atomic mass is 35.5. The summed E-state index contributed by atoms with van der Waals surface area (Å²) in [6.07, 6.45) is 0. The number of allylic oxidation sites excluding steroid dienone is 1. The molecule has 25 heavy (non-hydrogen) atoms. The summed E-state index contributed by atoms with van der Waals surface area (Å²) in [6.45, 7) is 1.64. The zero-order chi connectivity index (χ0) is 18.0. The first kappa shape index (κ1) is 17.0. The molecule has 0 spiro atoms. The Bertz CT molecular complexity index is 848. The molecule has 0 saturated carbocycles. The van der Waals surface area contributed by atoms with Crippen LogP contribution in [-0.2, 0) is 4.79 Å². The molecule has 3 amide bonds. The second-order valence-electron chi connectivity index (χ2n) is 5.58. The van der Waals surface area contributed by atoms with Crippen molar-refractivity contribution in [1.29, 1.82) is 0 Å². The van der Waals surface area contributed by atoms with Gasteiger partial charge in [-0.3, -0.25) is 4.79 Å². The first-order chi connectivity index (χ1) is 11.9. The highest BCUT2D eigenvalue weighted by molar-refractivity contribution is 6.30. The minimum Gasteiger partial charge on any atom is -0.327 e. The standard InChI is InChI=1S/C18H15ClFN3O2/c1-10-15(17(24)22-14-8-4-12(19)5-9-14)16(23-18(25)21-10)11-2-6-13(20)7-3-11/h2-9,16H,1H3,(H,22,24)(H2,21,23,25)/t16-/m1/s1. The molecular formula is C18H15ClFN3O2. The summed E-state index contributed by atoms with van der Waals surface area (Å²) in [7, 11) is 0. The number of carbonyl (C=O) groups is 2. The summed E-state index contributed by atoms with van der Waals surface area (Å²) in [5.41, 5.74) is 1.96. The van der Waals surface area contributed by atoms with Crippen LogP contribution in [-0.4, -0.2) is 11.9 Å². The van der Waals surface area contributed by atoms with Crippen LogP contribution in [0.15, 0.2) is 59.8 Å². The third-order valence-electron chi connectivity index (χ3n) is 3.82. The van der Waals surface area contributed by atoms with Crippen molar-refractivity contribution < 1.29 is 14.0 Å². The lowest BCUT2D eigenvalue weighted by atomic mass is 9.95. The zero-order valence-corrected chi connectivity index (χ0v) is 14.0. The van der Waals surface area contributed by atoms with E-state index < -0.39 is 17.9 Å². The van der Waals surface area contributed by atoms with Crippen LogP contribution in [0.5, 0.6) is 0 Å². The lowest BCUT2D eigenvalue weighted by Crippen LogP contribution is -2.45. The lowest BCUT2D eigenvalue weighted by Gasteiger charge is -2.28. The quantitative estimate of drug-likeness (QED) is 0.781. The molecule has 3 N–H and O–H groups in total. The van der Waals surface area contributed by atoms with E-state index >= 15 is 0 Å². The van der Waals surface area contributed by atoms with Gasteiger partial charge in [-0.15, -0.1) is 0 Å². The molecule has 1 atom stereocenters. The zero-order valence-electron chi connectivity index (χ0n) is 13.3. The van der Waals surface area contributed by atoms with Crippen molar-refractivity contribution >= 4 is 29.2 Å². The van der Waals surface area contributed by atoms with Crippen molar-refractivity contribution in [3.8, 4) is 0 Å². The van der Waals surface area contributed by atoms with Crippen LogP contribution in [0, 0.1) is 5.82 Å². The minimum absolute atomic E-state index is 0.348.